The lowest BCUT2D eigenvalue weighted by atomic mass is 9.81. The minimum absolute atomic E-state index is 0.0624. The Hall–Kier alpha value is -0.410. The number of rotatable bonds is 4. The van der Waals surface area contributed by atoms with Gasteiger partial charge >= 0.3 is 0 Å². The first-order chi connectivity index (χ1) is 8.11. The van der Waals surface area contributed by atoms with Crippen LogP contribution in [0.1, 0.15) is 58.3 Å². The van der Waals surface area contributed by atoms with Crippen molar-refractivity contribution in [3.8, 4) is 0 Å². The van der Waals surface area contributed by atoms with E-state index >= 15 is 0 Å². The van der Waals surface area contributed by atoms with Crippen LogP contribution in [0.15, 0.2) is 0 Å². The highest BCUT2D eigenvalue weighted by Crippen LogP contribution is 2.42. The van der Waals surface area contributed by atoms with Gasteiger partial charge in [-0.3, -0.25) is 4.79 Å². The van der Waals surface area contributed by atoms with E-state index in [1.165, 1.54) is 12.8 Å². The van der Waals surface area contributed by atoms with E-state index in [0.717, 1.165) is 38.7 Å². The molecule has 2 N–H and O–H groups in total. The van der Waals surface area contributed by atoms with Crippen LogP contribution in [0.5, 0.6) is 0 Å². The summed E-state index contributed by atoms with van der Waals surface area (Å²) in [6, 6.07) is 0.138. The highest BCUT2D eigenvalue weighted by molar-refractivity contribution is 5.81. The van der Waals surface area contributed by atoms with Crippen LogP contribution in [0.3, 0.4) is 0 Å². The van der Waals surface area contributed by atoms with E-state index in [1.54, 1.807) is 0 Å². The Morgan fingerprint density at radius 3 is 2.82 bits per heavy atom. The monoisotopic (exact) mass is 239 g/mol. The van der Waals surface area contributed by atoms with Crippen LogP contribution in [0.4, 0.5) is 0 Å². The van der Waals surface area contributed by atoms with Gasteiger partial charge in [0, 0.05) is 25.0 Å². The fraction of sp³-hybridized carbons (Fsp3) is 0.929. The molecule has 1 heterocycles. The molecule has 1 aliphatic carbocycles. The summed E-state index contributed by atoms with van der Waals surface area (Å²) in [6.07, 6.45) is 8.20. The summed E-state index contributed by atoms with van der Waals surface area (Å²) in [7, 11) is 0. The number of ether oxygens (including phenoxy) is 1. The molecule has 0 aromatic carbocycles. The molecule has 0 radical (unpaired) electrons. The van der Waals surface area contributed by atoms with Gasteiger partial charge in [0.2, 0.25) is 0 Å². The second kappa shape index (κ2) is 5.49. The van der Waals surface area contributed by atoms with E-state index in [1.807, 2.05) is 6.92 Å². The number of carbonyl (C=O) groups excluding carboxylic acids is 1. The van der Waals surface area contributed by atoms with Gasteiger partial charge in [-0.25, -0.2) is 0 Å². The zero-order valence-electron chi connectivity index (χ0n) is 10.9. The van der Waals surface area contributed by atoms with E-state index in [2.05, 4.69) is 0 Å². The second-order valence-electron chi connectivity index (χ2n) is 5.91. The molecular weight excluding hydrogens is 214 g/mol. The second-order valence-corrected chi connectivity index (χ2v) is 5.91. The molecule has 1 spiro atoms. The van der Waals surface area contributed by atoms with Crippen molar-refractivity contribution in [2.45, 2.75) is 69.9 Å². The molecule has 17 heavy (non-hydrogen) atoms. The van der Waals surface area contributed by atoms with Gasteiger partial charge in [0.05, 0.1) is 5.60 Å². The molecule has 1 saturated carbocycles. The van der Waals surface area contributed by atoms with Gasteiger partial charge in [-0.05, 0) is 39.0 Å². The molecule has 2 aliphatic rings. The highest BCUT2D eigenvalue weighted by atomic mass is 16.5. The summed E-state index contributed by atoms with van der Waals surface area (Å²) >= 11 is 0. The Bertz CT molecular complexity index is 269. The lowest BCUT2D eigenvalue weighted by molar-refractivity contribution is -0.136. The van der Waals surface area contributed by atoms with E-state index < -0.39 is 0 Å². The summed E-state index contributed by atoms with van der Waals surface area (Å²) in [5.41, 5.74) is 5.77. The average molecular weight is 239 g/mol. The summed E-state index contributed by atoms with van der Waals surface area (Å²) in [6.45, 7) is 2.74. The van der Waals surface area contributed by atoms with Gasteiger partial charge in [-0.2, -0.15) is 0 Å². The molecule has 2 unspecified atom stereocenters. The van der Waals surface area contributed by atoms with E-state index in [9.17, 15) is 4.79 Å². The Morgan fingerprint density at radius 2 is 2.18 bits per heavy atom. The third-order valence-corrected chi connectivity index (χ3v) is 4.31. The predicted molar refractivity (Wildman–Crippen MR) is 67.8 cm³/mol. The van der Waals surface area contributed by atoms with E-state index in [4.69, 9.17) is 10.5 Å². The molecule has 0 aromatic rings. The average Bonchev–Trinajstić information content (AvgIpc) is 2.74. The maximum absolute atomic E-state index is 12.1. The third-order valence-electron chi connectivity index (χ3n) is 4.31. The number of Topliss-reactive ketones (excluding diaryl/α,β-unsaturated/α-hetero) is 1. The Kier molecular flexibility index (Phi) is 4.21. The number of hydrogen-bond donors (Lipinski definition) is 1. The minimum atomic E-state index is 0.0624. The van der Waals surface area contributed by atoms with Crippen molar-refractivity contribution >= 4 is 5.78 Å². The zero-order chi connectivity index (χ0) is 12.3. The SMILES string of the molecule is CC(N)CCC(=O)C1CCOC2(CCCC2)C1. The highest BCUT2D eigenvalue weighted by Gasteiger charge is 2.41. The molecular formula is C14H25NO2. The lowest BCUT2D eigenvalue weighted by Crippen LogP contribution is -2.40. The normalized spacial score (nSPS) is 29.4. The molecule has 0 bridgehead atoms. The Labute approximate surface area is 104 Å². The fourth-order valence-corrected chi connectivity index (χ4v) is 3.24. The zero-order valence-corrected chi connectivity index (χ0v) is 10.9. The molecule has 98 valence electrons. The van der Waals surface area contributed by atoms with Gasteiger partial charge in [0.1, 0.15) is 5.78 Å². The topological polar surface area (TPSA) is 52.3 Å². The van der Waals surface area contributed by atoms with Gasteiger partial charge in [-0.15, -0.1) is 0 Å². The summed E-state index contributed by atoms with van der Waals surface area (Å²) < 4.78 is 5.96. The van der Waals surface area contributed by atoms with Crippen molar-refractivity contribution in [1.82, 2.24) is 0 Å². The third kappa shape index (κ3) is 3.29. The molecule has 3 heteroatoms. The van der Waals surface area contributed by atoms with Crippen LogP contribution in [-0.2, 0) is 9.53 Å². The number of nitrogens with two attached hydrogens (primary N) is 1. The van der Waals surface area contributed by atoms with Gasteiger partial charge in [0.25, 0.3) is 0 Å². The molecule has 1 aliphatic heterocycles. The molecule has 0 aromatic heterocycles. The molecule has 3 nitrogen and oxygen atoms in total. The first-order valence-corrected chi connectivity index (χ1v) is 7.04. The standard InChI is InChI=1S/C14H25NO2/c1-11(15)4-5-13(16)12-6-9-17-14(10-12)7-2-3-8-14/h11-12H,2-10,15H2,1H3. The minimum Gasteiger partial charge on any atom is -0.375 e. The van der Waals surface area contributed by atoms with Gasteiger partial charge in [-0.1, -0.05) is 12.8 Å². The number of hydrogen-bond acceptors (Lipinski definition) is 3. The van der Waals surface area contributed by atoms with Crippen LogP contribution >= 0.6 is 0 Å². The predicted octanol–water partition coefficient (Wildman–Crippen LogP) is 2.42. The fourth-order valence-electron chi connectivity index (χ4n) is 3.24. The molecule has 2 rings (SSSR count). The summed E-state index contributed by atoms with van der Waals surface area (Å²) in [5.74, 6) is 0.650. The molecule has 2 fully saturated rings. The first-order valence-electron chi connectivity index (χ1n) is 7.04. The van der Waals surface area contributed by atoms with E-state index in [-0.39, 0.29) is 17.6 Å². The maximum Gasteiger partial charge on any atom is 0.136 e. The van der Waals surface area contributed by atoms with Crippen LogP contribution in [0.2, 0.25) is 0 Å². The Morgan fingerprint density at radius 1 is 1.47 bits per heavy atom. The van der Waals surface area contributed by atoms with Crippen LogP contribution in [0.25, 0.3) is 0 Å². The smallest absolute Gasteiger partial charge is 0.136 e. The van der Waals surface area contributed by atoms with Crippen LogP contribution in [0, 0.1) is 5.92 Å². The van der Waals surface area contributed by atoms with Gasteiger partial charge in [0.15, 0.2) is 0 Å². The summed E-state index contributed by atoms with van der Waals surface area (Å²) in [4.78, 5) is 12.1. The first kappa shape index (κ1) is 13.0. The van der Waals surface area contributed by atoms with Crippen LogP contribution in [-0.4, -0.2) is 24.0 Å². The van der Waals surface area contributed by atoms with Gasteiger partial charge < -0.3 is 10.5 Å². The molecule has 0 amide bonds. The van der Waals surface area contributed by atoms with Crippen molar-refractivity contribution in [3.63, 3.8) is 0 Å². The van der Waals surface area contributed by atoms with Crippen LogP contribution < -0.4 is 5.73 Å². The Balaban J connectivity index is 1.86. The van der Waals surface area contributed by atoms with Crippen molar-refractivity contribution in [2.75, 3.05) is 6.61 Å². The van der Waals surface area contributed by atoms with Crippen molar-refractivity contribution in [1.29, 1.82) is 0 Å². The molecule has 2 atom stereocenters. The van der Waals surface area contributed by atoms with E-state index in [0.29, 0.717) is 12.2 Å². The number of ketones is 1. The van der Waals surface area contributed by atoms with Crippen molar-refractivity contribution in [3.05, 3.63) is 0 Å². The quantitative estimate of drug-likeness (QED) is 0.819. The lowest BCUT2D eigenvalue weighted by Gasteiger charge is -2.37. The largest absolute Gasteiger partial charge is 0.375 e. The number of carbonyl (C=O) groups is 1. The summed E-state index contributed by atoms with van der Waals surface area (Å²) in [5, 5.41) is 0. The maximum atomic E-state index is 12.1. The van der Waals surface area contributed by atoms with Crippen molar-refractivity contribution < 1.29 is 9.53 Å². The van der Waals surface area contributed by atoms with Crippen molar-refractivity contribution in [2.24, 2.45) is 11.7 Å². The molecule has 1 saturated heterocycles.